The van der Waals surface area contributed by atoms with E-state index in [4.69, 9.17) is 15.2 Å². The molecule has 4 rings (SSSR count). The van der Waals surface area contributed by atoms with Gasteiger partial charge in [0.2, 0.25) is 5.95 Å². The molecule has 3 aromatic rings. The van der Waals surface area contributed by atoms with Gasteiger partial charge in [-0.1, -0.05) is 12.1 Å². The summed E-state index contributed by atoms with van der Waals surface area (Å²) in [5.74, 6) is 1.46. The molecule has 0 bridgehead atoms. The largest absolute Gasteiger partial charge is 0.362 e. The molecule has 0 aliphatic heterocycles. The van der Waals surface area contributed by atoms with E-state index in [1.165, 1.54) is 0 Å². The third-order valence-corrected chi connectivity index (χ3v) is 5.68. The Bertz CT molecular complexity index is 1110. The number of benzene rings is 2. The highest BCUT2D eigenvalue weighted by molar-refractivity contribution is 5.94. The van der Waals surface area contributed by atoms with Gasteiger partial charge in [0.05, 0.1) is 17.1 Å². The van der Waals surface area contributed by atoms with E-state index in [0.29, 0.717) is 17.1 Å². The Hall–Kier alpha value is -3.66. The molecule has 1 fully saturated rings. The second-order valence-corrected chi connectivity index (χ2v) is 8.14. The first-order valence-electron chi connectivity index (χ1n) is 10.5. The van der Waals surface area contributed by atoms with Crippen molar-refractivity contribution in [3.63, 3.8) is 0 Å². The molecular formula is C24H26N6O. The lowest BCUT2D eigenvalue weighted by Gasteiger charge is -2.30. The van der Waals surface area contributed by atoms with Crippen LogP contribution in [-0.2, 0) is 0 Å². The van der Waals surface area contributed by atoms with Gasteiger partial charge in [-0.2, -0.15) is 10.2 Å². The molecule has 7 heteroatoms. The average molecular weight is 415 g/mol. The maximum atomic E-state index is 12.5. The smallest absolute Gasteiger partial charge is 0.251 e. The molecule has 2 aromatic carbocycles. The van der Waals surface area contributed by atoms with Gasteiger partial charge in [0.15, 0.2) is 0 Å². The standard InChI is InChI=1S/C24H26N6O/c1-30(2)22-20-5-3-4-6-21(20)28-24(29-22)27-19-13-11-18(12-14-19)26-23(31)17-9-7-16(15-25)8-10-17/h3-10,18-19H,11-14H2,1-2H3,(H,26,31)(H,27,28,29). The Balaban J connectivity index is 1.36. The van der Waals surface area contributed by atoms with Crippen molar-refractivity contribution in [2.45, 2.75) is 37.8 Å². The first-order chi connectivity index (χ1) is 15.0. The normalized spacial score (nSPS) is 18.2. The number of hydrogen-bond acceptors (Lipinski definition) is 6. The van der Waals surface area contributed by atoms with Crippen molar-refractivity contribution < 1.29 is 4.79 Å². The molecule has 0 spiro atoms. The summed E-state index contributed by atoms with van der Waals surface area (Å²) in [5, 5.41) is 16.5. The highest BCUT2D eigenvalue weighted by atomic mass is 16.1. The van der Waals surface area contributed by atoms with Gasteiger partial charge in [-0.05, 0) is 62.1 Å². The number of anilines is 2. The number of hydrogen-bond donors (Lipinski definition) is 2. The minimum Gasteiger partial charge on any atom is -0.362 e. The predicted octanol–water partition coefficient (Wildman–Crippen LogP) is 3.72. The average Bonchev–Trinajstić information content (AvgIpc) is 2.79. The minimum absolute atomic E-state index is 0.0885. The Morgan fingerprint density at radius 1 is 1.00 bits per heavy atom. The number of fused-ring (bicyclic) bond motifs is 1. The molecule has 1 amide bonds. The van der Waals surface area contributed by atoms with E-state index in [1.807, 2.05) is 43.3 Å². The number of para-hydroxylation sites is 1. The van der Waals surface area contributed by atoms with Crippen LogP contribution >= 0.6 is 0 Å². The highest BCUT2D eigenvalue weighted by Gasteiger charge is 2.23. The van der Waals surface area contributed by atoms with E-state index < -0.39 is 0 Å². The van der Waals surface area contributed by atoms with Gasteiger partial charge in [0.25, 0.3) is 5.91 Å². The minimum atomic E-state index is -0.0885. The van der Waals surface area contributed by atoms with E-state index in [9.17, 15) is 4.79 Å². The number of rotatable bonds is 5. The van der Waals surface area contributed by atoms with Crippen molar-refractivity contribution in [1.82, 2.24) is 15.3 Å². The first kappa shape index (κ1) is 20.6. The van der Waals surface area contributed by atoms with E-state index in [-0.39, 0.29) is 18.0 Å². The van der Waals surface area contributed by atoms with Gasteiger partial charge in [0.1, 0.15) is 5.82 Å². The van der Waals surface area contributed by atoms with E-state index in [1.54, 1.807) is 24.3 Å². The number of amides is 1. The molecule has 1 saturated carbocycles. The van der Waals surface area contributed by atoms with Crippen molar-refractivity contribution in [1.29, 1.82) is 5.26 Å². The van der Waals surface area contributed by atoms with Gasteiger partial charge in [-0.15, -0.1) is 0 Å². The zero-order valence-electron chi connectivity index (χ0n) is 17.8. The van der Waals surface area contributed by atoms with Crippen LogP contribution < -0.4 is 15.5 Å². The zero-order valence-corrected chi connectivity index (χ0v) is 17.8. The molecule has 7 nitrogen and oxygen atoms in total. The number of nitrogens with one attached hydrogen (secondary N) is 2. The number of carbonyl (C=O) groups excluding carboxylic acids is 1. The van der Waals surface area contributed by atoms with E-state index in [0.717, 1.165) is 42.4 Å². The maximum absolute atomic E-state index is 12.5. The van der Waals surface area contributed by atoms with Crippen molar-refractivity contribution >= 4 is 28.6 Å². The number of aromatic nitrogens is 2. The van der Waals surface area contributed by atoms with Gasteiger partial charge in [-0.3, -0.25) is 4.79 Å². The number of carbonyl (C=O) groups is 1. The third-order valence-electron chi connectivity index (χ3n) is 5.68. The lowest BCUT2D eigenvalue weighted by Crippen LogP contribution is -2.40. The summed E-state index contributed by atoms with van der Waals surface area (Å²) in [6.07, 6.45) is 3.67. The summed E-state index contributed by atoms with van der Waals surface area (Å²) in [6, 6.07) is 17.2. The monoisotopic (exact) mass is 414 g/mol. The quantitative estimate of drug-likeness (QED) is 0.661. The fourth-order valence-electron chi connectivity index (χ4n) is 3.99. The summed E-state index contributed by atoms with van der Waals surface area (Å²) < 4.78 is 0. The lowest BCUT2D eigenvalue weighted by molar-refractivity contribution is 0.0926. The summed E-state index contributed by atoms with van der Waals surface area (Å²) in [7, 11) is 3.97. The van der Waals surface area contributed by atoms with Gasteiger partial charge in [0, 0.05) is 37.1 Å². The summed E-state index contributed by atoms with van der Waals surface area (Å²) in [4.78, 5) is 23.9. The molecule has 1 aliphatic carbocycles. The van der Waals surface area contributed by atoms with Crippen molar-refractivity contribution in [3.05, 3.63) is 59.7 Å². The van der Waals surface area contributed by atoms with Crippen LogP contribution in [0.5, 0.6) is 0 Å². The predicted molar refractivity (Wildman–Crippen MR) is 122 cm³/mol. The molecule has 1 aliphatic rings. The van der Waals surface area contributed by atoms with Crippen LogP contribution in [0.4, 0.5) is 11.8 Å². The molecular weight excluding hydrogens is 388 g/mol. The highest BCUT2D eigenvalue weighted by Crippen LogP contribution is 2.26. The van der Waals surface area contributed by atoms with Crippen LogP contribution in [0.1, 0.15) is 41.6 Å². The van der Waals surface area contributed by atoms with E-state index >= 15 is 0 Å². The van der Waals surface area contributed by atoms with Crippen molar-refractivity contribution in [3.8, 4) is 6.07 Å². The molecule has 158 valence electrons. The van der Waals surface area contributed by atoms with Gasteiger partial charge >= 0.3 is 0 Å². The van der Waals surface area contributed by atoms with Crippen LogP contribution in [0, 0.1) is 11.3 Å². The fraction of sp³-hybridized carbons (Fsp3) is 0.333. The Labute approximate surface area is 182 Å². The lowest BCUT2D eigenvalue weighted by atomic mass is 9.91. The Morgan fingerprint density at radius 3 is 2.35 bits per heavy atom. The van der Waals surface area contributed by atoms with Crippen molar-refractivity contribution in [2.24, 2.45) is 0 Å². The molecule has 0 radical (unpaired) electrons. The van der Waals surface area contributed by atoms with E-state index in [2.05, 4.69) is 16.7 Å². The van der Waals surface area contributed by atoms with Crippen LogP contribution in [0.3, 0.4) is 0 Å². The molecule has 1 aromatic heterocycles. The van der Waals surface area contributed by atoms with Crippen LogP contribution in [-0.4, -0.2) is 42.1 Å². The molecule has 0 unspecified atom stereocenters. The van der Waals surface area contributed by atoms with Crippen LogP contribution in [0.15, 0.2) is 48.5 Å². The molecule has 31 heavy (non-hydrogen) atoms. The van der Waals surface area contributed by atoms with Crippen LogP contribution in [0.25, 0.3) is 10.9 Å². The maximum Gasteiger partial charge on any atom is 0.251 e. The molecule has 1 heterocycles. The second kappa shape index (κ2) is 9.00. The molecule has 2 N–H and O–H groups in total. The Kier molecular flexibility index (Phi) is 5.99. The third kappa shape index (κ3) is 4.75. The van der Waals surface area contributed by atoms with Gasteiger partial charge < -0.3 is 15.5 Å². The summed E-state index contributed by atoms with van der Waals surface area (Å²) in [5.41, 5.74) is 2.06. The van der Waals surface area contributed by atoms with Gasteiger partial charge in [-0.25, -0.2) is 4.98 Å². The SMILES string of the molecule is CN(C)c1nc(NC2CCC(NC(=O)c3ccc(C#N)cc3)CC2)nc2ccccc12. The zero-order chi connectivity index (χ0) is 21.8. The molecule has 0 atom stereocenters. The number of nitriles is 1. The second-order valence-electron chi connectivity index (χ2n) is 8.14. The topological polar surface area (TPSA) is 93.9 Å². The van der Waals surface area contributed by atoms with Crippen LogP contribution in [0.2, 0.25) is 0 Å². The first-order valence-corrected chi connectivity index (χ1v) is 10.5. The molecule has 0 saturated heterocycles. The summed E-state index contributed by atoms with van der Waals surface area (Å²) >= 11 is 0. The van der Waals surface area contributed by atoms with Crippen molar-refractivity contribution in [2.75, 3.05) is 24.3 Å². The Morgan fingerprint density at radius 2 is 1.68 bits per heavy atom. The fourth-order valence-corrected chi connectivity index (χ4v) is 3.99. The number of nitrogens with zero attached hydrogens (tertiary/aromatic N) is 4. The summed E-state index contributed by atoms with van der Waals surface area (Å²) in [6.45, 7) is 0.